The number of carbonyl (C=O) groups excluding carboxylic acids is 1. The fourth-order valence-corrected chi connectivity index (χ4v) is 1.71. The minimum absolute atomic E-state index is 0.443. The number of aromatic nitrogens is 3. The van der Waals surface area contributed by atoms with Gasteiger partial charge in [0.15, 0.2) is 5.69 Å². The zero-order valence-corrected chi connectivity index (χ0v) is 11.3. The van der Waals surface area contributed by atoms with E-state index in [9.17, 15) is 31.1 Å². The van der Waals surface area contributed by atoms with Crippen LogP contribution >= 0.6 is 0 Å². The third kappa shape index (κ3) is 3.79. The predicted molar refractivity (Wildman–Crippen MR) is 65.4 cm³/mol. The van der Waals surface area contributed by atoms with Crippen LogP contribution in [-0.2, 0) is 19.4 Å². The highest BCUT2D eigenvalue weighted by molar-refractivity contribution is 6.03. The minimum Gasteiger partial charge on any atom is -0.317 e. The lowest BCUT2D eigenvalue weighted by Crippen LogP contribution is -2.18. The molecule has 0 saturated carbocycles. The molecular weight excluding hydrogens is 330 g/mol. The Labute approximate surface area is 124 Å². The predicted octanol–water partition coefficient (Wildman–Crippen LogP) is 3.11. The molecule has 0 atom stereocenters. The van der Waals surface area contributed by atoms with Gasteiger partial charge in [-0.05, 0) is 12.1 Å². The van der Waals surface area contributed by atoms with Crippen molar-refractivity contribution in [1.29, 1.82) is 0 Å². The van der Waals surface area contributed by atoms with E-state index in [1.54, 1.807) is 0 Å². The summed E-state index contributed by atoms with van der Waals surface area (Å²) in [6, 6.07) is 1.08. The van der Waals surface area contributed by atoms with Crippen molar-refractivity contribution in [2.45, 2.75) is 12.4 Å². The standard InChI is InChI=1S/C12H8F6N4O/c1-22-5-8(9(21-22)12(16,17)18)20-10(23)7-4-6(2-3-19-7)11(13,14)15/h2-5H,1H3,(H,20,23). The van der Waals surface area contributed by atoms with Crippen LogP contribution in [-0.4, -0.2) is 20.7 Å². The Kier molecular flexibility index (Phi) is 4.05. The number of halogens is 6. The van der Waals surface area contributed by atoms with Gasteiger partial charge in [-0.15, -0.1) is 0 Å². The van der Waals surface area contributed by atoms with E-state index in [1.165, 1.54) is 7.05 Å². The van der Waals surface area contributed by atoms with Crippen LogP contribution in [0.25, 0.3) is 0 Å². The lowest BCUT2D eigenvalue weighted by Gasteiger charge is -2.09. The van der Waals surface area contributed by atoms with E-state index >= 15 is 0 Å². The first-order chi connectivity index (χ1) is 10.5. The number of amides is 1. The maximum atomic E-state index is 12.7. The summed E-state index contributed by atoms with van der Waals surface area (Å²) in [6.45, 7) is 0. The molecule has 2 aromatic heterocycles. The van der Waals surface area contributed by atoms with Crippen molar-refractivity contribution in [1.82, 2.24) is 14.8 Å². The average molecular weight is 338 g/mol. The molecule has 1 N–H and O–H groups in total. The summed E-state index contributed by atoms with van der Waals surface area (Å²) in [5, 5.41) is 5.02. The van der Waals surface area contributed by atoms with Gasteiger partial charge in [0.25, 0.3) is 5.91 Å². The van der Waals surface area contributed by atoms with E-state index in [1.807, 2.05) is 5.32 Å². The van der Waals surface area contributed by atoms with Crippen LogP contribution in [0.4, 0.5) is 32.0 Å². The summed E-state index contributed by atoms with van der Waals surface area (Å²) < 4.78 is 76.7. The van der Waals surface area contributed by atoms with Gasteiger partial charge < -0.3 is 5.32 Å². The molecule has 0 radical (unpaired) electrons. The van der Waals surface area contributed by atoms with Gasteiger partial charge in [-0.2, -0.15) is 31.4 Å². The molecule has 23 heavy (non-hydrogen) atoms. The number of nitrogens with one attached hydrogen (secondary N) is 1. The first-order valence-electron chi connectivity index (χ1n) is 5.94. The molecule has 0 saturated heterocycles. The largest absolute Gasteiger partial charge is 0.437 e. The number of anilines is 1. The zero-order valence-electron chi connectivity index (χ0n) is 11.3. The number of hydrogen-bond donors (Lipinski definition) is 1. The number of rotatable bonds is 2. The molecule has 0 bridgehead atoms. The number of pyridine rings is 1. The quantitative estimate of drug-likeness (QED) is 0.856. The first kappa shape index (κ1) is 16.8. The summed E-state index contributed by atoms with van der Waals surface area (Å²) in [4.78, 5) is 15.3. The van der Waals surface area contributed by atoms with Gasteiger partial charge in [0.2, 0.25) is 0 Å². The molecular formula is C12H8F6N4O. The Morgan fingerprint density at radius 2 is 1.83 bits per heavy atom. The van der Waals surface area contributed by atoms with Crippen LogP contribution in [0.15, 0.2) is 24.5 Å². The lowest BCUT2D eigenvalue weighted by atomic mass is 10.2. The van der Waals surface area contributed by atoms with Gasteiger partial charge in [-0.25, -0.2) is 0 Å². The monoisotopic (exact) mass is 338 g/mol. The first-order valence-corrected chi connectivity index (χ1v) is 5.94. The van der Waals surface area contributed by atoms with Crippen LogP contribution in [0.5, 0.6) is 0 Å². The lowest BCUT2D eigenvalue weighted by molar-refractivity contribution is -0.141. The minimum atomic E-state index is -4.83. The van der Waals surface area contributed by atoms with Gasteiger partial charge in [0, 0.05) is 19.4 Å². The van der Waals surface area contributed by atoms with Crippen molar-refractivity contribution in [2.75, 3.05) is 5.32 Å². The number of nitrogens with zero attached hydrogens (tertiary/aromatic N) is 3. The SMILES string of the molecule is Cn1cc(NC(=O)c2cc(C(F)(F)F)ccn2)c(C(F)(F)F)n1. The molecule has 2 heterocycles. The maximum Gasteiger partial charge on any atom is 0.437 e. The van der Waals surface area contributed by atoms with Crippen LogP contribution in [0.3, 0.4) is 0 Å². The van der Waals surface area contributed by atoms with Crippen LogP contribution in [0, 0.1) is 0 Å². The van der Waals surface area contributed by atoms with Crippen molar-refractivity contribution in [3.05, 3.63) is 41.5 Å². The van der Waals surface area contributed by atoms with E-state index < -0.39 is 40.9 Å². The van der Waals surface area contributed by atoms with Gasteiger partial charge in [0.05, 0.1) is 11.3 Å². The van der Waals surface area contributed by atoms with Crippen molar-refractivity contribution >= 4 is 11.6 Å². The molecule has 11 heteroatoms. The van der Waals surface area contributed by atoms with Crippen LogP contribution < -0.4 is 5.32 Å². The molecule has 0 aliphatic rings. The molecule has 0 fully saturated rings. The zero-order chi connectivity index (χ0) is 17.4. The summed E-state index contributed by atoms with van der Waals surface area (Å²) in [7, 11) is 1.20. The van der Waals surface area contributed by atoms with E-state index in [-0.39, 0.29) is 0 Å². The molecule has 0 unspecified atom stereocenters. The second-order valence-electron chi connectivity index (χ2n) is 4.44. The van der Waals surface area contributed by atoms with Crippen molar-refractivity contribution < 1.29 is 31.1 Å². The molecule has 1 amide bonds. The van der Waals surface area contributed by atoms with E-state index in [0.29, 0.717) is 12.1 Å². The Hall–Kier alpha value is -2.59. The number of hydrogen-bond acceptors (Lipinski definition) is 3. The van der Waals surface area contributed by atoms with Crippen LogP contribution in [0.1, 0.15) is 21.7 Å². The summed E-state index contributed by atoms with van der Waals surface area (Å²) in [6.07, 6.45) is -7.91. The number of carbonyl (C=O) groups is 1. The molecule has 2 rings (SSSR count). The van der Waals surface area contributed by atoms with Gasteiger partial charge in [0.1, 0.15) is 5.69 Å². The van der Waals surface area contributed by atoms with Gasteiger partial charge in [-0.3, -0.25) is 14.5 Å². The third-order valence-corrected chi connectivity index (χ3v) is 2.67. The highest BCUT2D eigenvalue weighted by Crippen LogP contribution is 2.34. The Morgan fingerprint density at radius 1 is 1.17 bits per heavy atom. The van der Waals surface area contributed by atoms with Gasteiger partial charge in [-0.1, -0.05) is 0 Å². The molecule has 124 valence electrons. The van der Waals surface area contributed by atoms with Crippen LogP contribution in [0.2, 0.25) is 0 Å². The smallest absolute Gasteiger partial charge is 0.317 e. The van der Waals surface area contributed by atoms with Crippen molar-refractivity contribution in [2.24, 2.45) is 7.05 Å². The molecule has 2 aromatic rings. The Balaban J connectivity index is 2.31. The second-order valence-corrected chi connectivity index (χ2v) is 4.44. The molecule has 5 nitrogen and oxygen atoms in total. The summed E-state index contributed by atoms with van der Waals surface area (Å²) in [5.41, 5.74) is -3.85. The fraction of sp³-hybridized carbons (Fsp3) is 0.250. The molecule has 0 spiro atoms. The third-order valence-electron chi connectivity index (χ3n) is 2.67. The molecule has 0 aliphatic heterocycles. The molecule has 0 aromatic carbocycles. The summed E-state index contributed by atoms with van der Waals surface area (Å²) in [5.74, 6) is -1.21. The Morgan fingerprint density at radius 3 is 2.39 bits per heavy atom. The highest BCUT2D eigenvalue weighted by Gasteiger charge is 2.38. The topological polar surface area (TPSA) is 59.8 Å². The van der Waals surface area contributed by atoms with E-state index in [0.717, 1.165) is 17.1 Å². The number of aryl methyl sites for hydroxylation is 1. The number of alkyl halides is 6. The van der Waals surface area contributed by atoms with Crippen molar-refractivity contribution in [3.8, 4) is 0 Å². The highest BCUT2D eigenvalue weighted by atomic mass is 19.4. The van der Waals surface area contributed by atoms with E-state index in [2.05, 4.69) is 10.1 Å². The average Bonchev–Trinajstić information content (AvgIpc) is 2.79. The summed E-state index contributed by atoms with van der Waals surface area (Å²) >= 11 is 0. The Bertz CT molecular complexity index is 734. The maximum absolute atomic E-state index is 12.7. The van der Waals surface area contributed by atoms with E-state index in [4.69, 9.17) is 0 Å². The van der Waals surface area contributed by atoms with Crippen molar-refractivity contribution in [3.63, 3.8) is 0 Å². The van der Waals surface area contributed by atoms with Gasteiger partial charge >= 0.3 is 12.4 Å². The fourth-order valence-electron chi connectivity index (χ4n) is 1.71. The molecule has 0 aliphatic carbocycles. The second kappa shape index (κ2) is 5.56. The normalized spacial score (nSPS) is 12.3.